The van der Waals surface area contributed by atoms with Crippen molar-refractivity contribution in [2.75, 3.05) is 0 Å². The number of allylic oxidation sites excluding steroid dienone is 2. The van der Waals surface area contributed by atoms with Gasteiger partial charge in [0.15, 0.2) is 0 Å². The van der Waals surface area contributed by atoms with Crippen molar-refractivity contribution in [3.63, 3.8) is 0 Å². The molecule has 0 amide bonds. The SMILES string of the molecule is CCCCCCCCC=CCCCCCCC(CCCC)C(CCCCCCCCCCC)CCCCCCCCCCCCCC. The van der Waals surface area contributed by atoms with Crippen LogP contribution < -0.4 is 0 Å². The molecule has 0 saturated carbocycles. The molecule has 0 aliphatic carbocycles. The van der Waals surface area contributed by atoms with Crippen molar-refractivity contribution in [1.82, 2.24) is 0 Å². The van der Waals surface area contributed by atoms with Gasteiger partial charge in [-0.15, -0.1) is 0 Å². The standard InChI is InChI=1S/C47H94/c1-5-9-13-16-19-22-24-26-27-29-32-34-36-39-43-46(42-12-8-4)47(44-40-37-33-30-21-18-15-11-7-3)45-41-38-35-31-28-25-23-20-17-14-10-6-2/h26-27,46-47H,5-25,28-45H2,1-4H3. The first-order valence-electron chi connectivity index (χ1n) is 22.9. The summed E-state index contributed by atoms with van der Waals surface area (Å²) in [5, 5.41) is 0. The Bertz CT molecular complexity index is 560. The lowest BCUT2D eigenvalue weighted by atomic mass is 9.78. The van der Waals surface area contributed by atoms with E-state index in [0.29, 0.717) is 0 Å². The Labute approximate surface area is 301 Å². The summed E-state index contributed by atoms with van der Waals surface area (Å²) in [5.41, 5.74) is 0. The molecule has 282 valence electrons. The van der Waals surface area contributed by atoms with E-state index < -0.39 is 0 Å². The second-order valence-corrected chi connectivity index (χ2v) is 16.0. The van der Waals surface area contributed by atoms with E-state index in [0.717, 1.165) is 11.8 Å². The predicted octanol–water partition coefficient (Wildman–Crippen LogP) is 18.1. The summed E-state index contributed by atoms with van der Waals surface area (Å²) in [6.07, 6.45) is 61.8. The van der Waals surface area contributed by atoms with Crippen molar-refractivity contribution in [2.24, 2.45) is 11.8 Å². The van der Waals surface area contributed by atoms with Crippen molar-refractivity contribution in [3.05, 3.63) is 12.2 Å². The van der Waals surface area contributed by atoms with E-state index in [4.69, 9.17) is 0 Å². The van der Waals surface area contributed by atoms with Crippen LogP contribution in [-0.2, 0) is 0 Å². The maximum Gasteiger partial charge on any atom is -0.0351 e. The van der Waals surface area contributed by atoms with Gasteiger partial charge in [0.1, 0.15) is 0 Å². The number of rotatable bonds is 41. The van der Waals surface area contributed by atoms with Crippen LogP contribution in [0, 0.1) is 11.8 Å². The summed E-state index contributed by atoms with van der Waals surface area (Å²) in [7, 11) is 0. The topological polar surface area (TPSA) is 0 Å². The Hall–Kier alpha value is -0.260. The highest BCUT2D eigenvalue weighted by Crippen LogP contribution is 2.33. The van der Waals surface area contributed by atoms with Crippen LogP contribution in [-0.4, -0.2) is 0 Å². The summed E-state index contributed by atoms with van der Waals surface area (Å²) in [6, 6.07) is 0. The quantitative estimate of drug-likeness (QED) is 0.0453. The van der Waals surface area contributed by atoms with Gasteiger partial charge in [-0.2, -0.15) is 0 Å². The highest BCUT2D eigenvalue weighted by Gasteiger charge is 2.20. The lowest BCUT2D eigenvalue weighted by molar-refractivity contribution is 0.238. The van der Waals surface area contributed by atoms with Crippen molar-refractivity contribution in [3.8, 4) is 0 Å². The van der Waals surface area contributed by atoms with E-state index in [1.807, 2.05) is 0 Å². The van der Waals surface area contributed by atoms with Crippen LogP contribution in [0.5, 0.6) is 0 Å². The lowest BCUT2D eigenvalue weighted by Gasteiger charge is -2.28. The van der Waals surface area contributed by atoms with Crippen LogP contribution in [0.1, 0.15) is 278 Å². The van der Waals surface area contributed by atoms with Crippen molar-refractivity contribution >= 4 is 0 Å². The average molecular weight is 659 g/mol. The second kappa shape index (κ2) is 41.9. The molecule has 2 unspecified atom stereocenters. The monoisotopic (exact) mass is 659 g/mol. The van der Waals surface area contributed by atoms with Gasteiger partial charge in [0, 0.05) is 0 Å². The number of unbranched alkanes of at least 4 members (excludes halogenated alkanes) is 30. The van der Waals surface area contributed by atoms with Gasteiger partial charge in [-0.05, 0) is 37.5 Å². The van der Waals surface area contributed by atoms with Gasteiger partial charge < -0.3 is 0 Å². The summed E-state index contributed by atoms with van der Waals surface area (Å²) >= 11 is 0. The summed E-state index contributed by atoms with van der Waals surface area (Å²) in [6.45, 7) is 9.38. The molecule has 0 nitrogen and oxygen atoms in total. The minimum Gasteiger partial charge on any atom is -0.0885 e. The van der Waals surface area contributed by atoms with E-state index in [2.05, 4.69) is 39.8 Å². The fraction of sp³-hybridized carbons (Fsp3) is 0.957. The maximum absolute atomic E-state index is 2.49. The molecule has 0 fully saturated rings. The first-order chi connectivity index (χ1) is 23.3. The molecule has 47 heavy (non-hydrogen) atoms. The molecule has 0 N–H and O–H groups in total. The van der Waals surface area contributed by atoms with Gasteiger partial charge >= 0.3 is 0 Å². The molecule has 0 saturated heterocycles. The largest absolute Gasteiger partial charge is 0.0885 e. The third kappa shape index (κ3) is 36.8. The van der Waals surface area contributed by atoms with Gasteiger partial charge in [0.05, 0.1) is 0 Å². The zero-order valence-electron chi connectivity index (χ0n) is 33.9. The highest BCUT2D eigenvalue weighted by molar-refractivity contribution is 4.81. The summed E-state index contributed by atoms with van der Waals surface area (Å²) < 4.78 is 0. The summed E-state index contributed by atoms with van der Waals surface area (Å²) in [4.78, 5) is 0. The molecule has 0 aromatic carbocycles. The minimum absolute atomic E-state index is 1.01. The second-order valence-electron chi connectivity index (χ2n) is 16.0. The Morgan fingerprint density at radius 3 is 0.723 bits per heavy atom. The van der Waals surface area contributed by atoms with Gasteiger partial charge in [0.2, 0.25) is 0 Å². The van der Waals surface area contributed by atoms with Gasteiger partial charge in [0.25, 0.3) is 0 Å². The molecule has 0 heteroatoms. The molecule has 0 aromatic rings. The van der Waals surface area contributed by atoms with E-state index in [1.54, 1.807) is 0 Å². The van der Waals surface area contributed by atoms with Crippen LogP contribution in [0.15, 0.2) is 12.2 Å². The van der Waals surface area contributed by atoms with Crippen LogP contribution in [0.4, 0.5) is 0 Å². The number of hydrogen-bond acceptors (Lipinski definition) is 0. The third-order valence-corrected chi connectivity index (χ3v) is 11.3. The molecular formula is C47H94. The Morgan fingerprint density at radius 1 is 0.234 bits per heavy atom. The fourth-order valence-electron chi connectivity index (χ4n) is 7.96. The smallest absolute Gasteiger partial charge is 0.0351 e. The fourth-order valence-corrected chi connectivity index (χ4v) is 7.96. The Kier molecular flexibility index (Phi) is 41.7. The lowest BCUT2D eigenvalue weighted by Crippen LogP contribution is -2.16. The predicted molar refractivity (Wildman–Crippen MR) is 219 cm³/mol. The Balaban J connectivity index is 4.42. The molecular weight excluding hydrogens is 565 g/mol. The first-order valence-corrected chi connectivity index (χ1v) is 22.9. The van der Waals surface area contributed by atoms with Crippen molar-refractivity contribution < 1.29 is 0 Å². The molecule has 0 aliphatic heterocycles. The van der Waals surface area contributed by atoms with E-state index in [9.17, 15) is 0 Å². The van der Waals surface area contributed by atoms with Crippen LogP contribution in [0.3, 0.4) is 0 Å². The van der Waals surface area contributed by atoms with E-state index in [-0.39, 0.29) is 0 Å². The minimum atomic E-state index is 1.01. The van der Waals surface area contributed by atoms with Crippen LogP contribution in [0.25, 0.3) is 0 Å². The van der Waals surface area contributed by atoms with Crippen LogP contribution in [0.2, 0.25) is 0 Å². The highest BCUT2D eigenvalue weighted by atomic mass is 14.3. The molecule has 0 spiro atoms. The van der Waals surface area contributed by atoms with Gasteiger partial charge in [-0.3, -0.25) is 0 Å². The molecule has 2 atom stereocenters. The van der Waals surface area contributed by atoms with E-state index >= 15 is 0 Å². The zero-order valence-corrected chi connectivity index (χ0v) is 33.9. The van der Waals surface area contributed by atoms with E-state index in [1.165, 1.54) is 250 Å². The number of hydrogen-bond donors (Lipinski definition) is 0. The summed E-state index contributed by atoms with van der Waals surface area (Å²) in [5.74, 6) is 2.02. The molecule has 0 heterocycles. The van der Waals surface area contributed by atoms with Crippen molar-refractivity contribution in [1.29, 1.82) is 0 Å². The molecule has 0 aliphatic rings. The average Bonchev–Trinajstić information content (AvgIpc) is 3.08. The molecule has 0 bridgehead atoms. The Morgan fingerprint density at radius 2 is 0.447 bits per heavy atom. The van der Waals surface area contributed by atoms with Crippen LogP contribution >= 0.6 is 0 Å². The maximum atomic E-state index is 2.49. The van der Waals surface area contributed by atoms with Crippen molar-refractivity contribution in [2.45, 2.75) is 278 Å². The normalized spacial score (nSPS) is 13.2. The van der Waals surface area contributed by atoms with Gasteiger partial charge in [-0.25, -0.2) is 0 Å². The first kappa shape index (κ1) is 46.7. The third-order valence-electron chi connectivity index (χ3n) is 11.3. The molecule has 0 aromatic heterocycles. The van der Waals surface area contributed by atoms with Gasteiger partial charge in [-0.1, -0.05) is 265 Å². The molecule has 0 rings (SSSR count). The zero-order chi connectivity index (χ0) is 34.1. The molecule has 0 radical (unpaired) electrons.